The molecule has 1 atom stereocenters. The molecule has 3 rings (SSSR count). The van der Waals surface area contributed by atoms with Crippen LogP contribution in [0.2, 0.25) is 0 Å². The van der Waals surface area contributed by atoms with E-state index in [-0.39, 0.29) is 5.56 Å². The van der Waals surface area contributed by atoms with Crippen molar-refractivity contribution in [3.05, 3.63) is 23.8 Å². The number of oxazole rings is 1. The van der Waals surface area contributed by atoms with Gasteiger partial charge in [-0.2, -0.15) is 4.98 Å². The van der Waals surface area contributed by atoms with Crippen LogP contribution in [0.1, 0.15) is 30.1 Å². The van der Waals surface area contributed by atoms with E-state index in [0.717, 1.165) is 19.6 Å². The topological polar surface area (TPSA) is 78.6 Å². The Bertz CT molecular complexity index is 653. The van der Waals surface area contributed by atoms with Crippen molar-refractivity contribution in [1.29, 1.82) is 0 Å². The van der Waals surface area contributed by atoms with Crippen molar-refractivity contribution in [1.82, 2.24) is 9.88 Å². The minimum absolute atomic E-state index is 0.207. The number of fused-ring (bicyclic) bond motifs is 1. The number of carbonyl (C=O) groups is 1. The fraction of sp³-hybridized carbons (Fsp3) is 0.467. The molecule has 2 heterocycles. The lowest BCUT2D eigenvalue weighted by molar-refractivity contribution is 0.0697. The summed E-state index contributed by atoms with van der Waals surface area (Å²) in [7, 11) is 0. The first kappa shape index (κ1) is 13.9. The molecule has 0 saturated carbocycles. The van der Waals surface area contributed by atoms with E-state index in [2.05, 4.69) is 22.1 Å². The minimum Gasteiger partial charge on any atom is -0.478 e. The van der Waals surface area contributed by atoms with Crippen molar-refractivity contribution < 1.29 is 14.3 Å². The molecule has 0 bridgehead atoms. The van der Waals surface area contributed by atoms with Crippen molar-refractivity contribution in [2.75, 3.05) is 25.0 Å². The van der Waals surface area contributed by atoms with E-state index < -0.39 is 5.97 Å². The summed E-state index contributed by atoms with van der Waals surface area (Å²) in [4.78, 5) is 17.7. The molecule has 1 unspecified atom stereocenters. The maximum absolute atomic E-state index is 10.9. The Morgan fingerprint density at radius 1 is 1.57 bits per heavy atom. The number of anilines is 1. The zero-order valence-electron chi connectivity index (χ0n) is 12.0. The first-order valence-electron chi connectivity index (χ1n) is 7.29. The summed E-state index contributed by atoms with van der Waals surface area (Å²) >= 11 is 0. The molecule has 0 amide bonds. The lowest BCUT2D eigenvalue weighted by atomic mass is 10.2. The van der Waals surface area contributed by atoms with Gasteiger partial charge in [0.1, 0.15) is 5.52 Å². The molecule has 1 aliphatic rings. The number of nitrogens with zero attached hydrogens (tertiary/aromatic N) is 2. The second-order valence-electron chi connectivity index (χ2n) is 5.31. The van der Waals surface area contributed by atoms with Crippen LogP contribution in [0, 0.1) is 0 Å². The molecule has 21 heavy (non-hydrogen) atoms. The average molecular weight is 289 g/mol. The highest BCUT2D eigenvalue weighted by Crippen LogP contribution is 2.22. The molecule has 1 aromatic heterocycles. The third-order valence-electron chi connectivity index (χ3n) is 4.03. The molecule has 0 spiro atoms. The van der Waals surface area contributed by atoms with Crippen molar-refractivity contribution in [2.45, 2.75) is 25.8 Å². The number of nitrogens with one attached hydrogen (secondary N) is 1. The van der Waals surface area contributed by atoms with Gasteiger partial charge in [-0.25, -0.2) is 4.79 Å². The van der Waals surface area contributed by atoms with E-state index in [1.807, 2.05) is 0 Å². The molecule has 1 fully saturated rings. The number of hydrogen-bond acceptors (Lipinski definition) is 5. The SMILES string of the molecule is CCN1CCCC1CNc1nc2ccc(C(=O)O)cc2o1. The predicted octanol–water partition coefficient (Wildman–Crippen LogP) is 2.42. The summed E-state index contributed by atoms with van der Waals surface area (Å²) in [5.74, 6) is -0.965. The first-order valence-corrected chi connectivity index (χ1v) is 7.29. The number of carboxylic acid groups (broad SMARTS) is 1. The van der Waals surface area contributed by atoms with Gasteiger partial charge in [-0.15, -0.1) is 0 Å². The fourth-order valence-electron chi connectivity index (χ4n) is 2.88. The zero-order chi connectivity index (χ0) is 14.8. The zero-order valence-corrected chi connectivity index (χ0v) is 12.0. The summed E-state index contributed by atoms with van der Waals surface area (Å²) < 4.78 is 5.58. The summed E-state index contributed by atoms with van der Waals surface area (Å²) in [6, 6.07) is 5.67. The van der Waals surface area contributed by atoms with Crippen molar-refractivity contribution in [2.24, 2.45) is 0 Å². The second kappa shape index (κ2) is 5.73. The number of rotatable bonds is 5. The monoisotopic (exact) mass is 289 g/mol. The number of aromatic carboxylic acids is 1. The van der Waals surface area contributed by atoms with Gasteiger partial charge < -0.3 is 14.8 Å². The number of aromatic nitrogens is 1. The van der Waals surface area contributed by atoms with Crippen LogP contribution in [-0.4, -0.2) is 46.6 Å². The van der Waals surface area contributed by atoms with Gasteiger partial charge in [-0.1, -0.05) is 6.92 Å². The lowest BCUT2D eigenvalue weighted by Crippen LogP contribution is -2.34. The van der Waals surface area contributed by atoms with Crippen molar-refractivity contribution in [3.63, 3.8) is 0 Å². The molecule has 6 heteroatoms. The molecule has 0 aliphatic carbocycles. The van der Waals surface area contributed by atoms with Gasteiger partial charge in [-0.05, 0) is 44.1 Å². The molecule has 1 saturated heterocycles. The molecular weight excluding hydrogens is 270 g/mol. The molecular formula is C15H19N3O3. The van der Waals surface area contributed by atoms with Crippen LogP contribution in [0.15, 0.2) is 22.6 Å². The van der Waals surface area contributed by atoms with Crippen LogP contribution in [0.4, 0.5) is 6.01 Å². The van der Waals surface area contributed by atoms with Crippen molar-refractivity contribution in [3.8, 4) is 0 Å². The van der Waals surface area contributed by atoms with Gasteiger partial charge in [0, 0.05) is 12.6 Å². The van der Waals surface area contributed by atoms with Crippen LogP contribution in [0.3, 0.4) is 0 Å². The van der Waals surface area contributed by atoms with Gasteiger partial charge in [-0.3, -0.25) is 4.90 Å². The number of benzene rings is 1. The number of carboxylic acids is 1. The van der Waals surface area contributed by atoms with E-state index in [4.69, 9.17) is 9.52 Å². The number of hydrogen-bond donors (Lipinski definition) is 2. The Morgan fingerprint density at radius 3 is 3.19 bits per heavy atom. The normalized spacial score (nSPS) is 19.2. The Kier molecular flexibility index (Phi) is 3.79. The quantitative estimate of drug-likeness (QED) is 0.880. The highest BCUT2D eigenvalue weighted by molar-refractivity contribution is 5.92. The molecule has 0 radical (unpaired) electrons. The standard InChI is InChI=1S/C15H19N3O3/c1-2-18-7-3-4-11(18)9-16-15-17-12-6-5-10(14(19)20)8-13(12)21-15/h5-6,8,11H,2-4,7,9H2,1H3,(H,16,17)(H,19,20). The van der Waals surface area contributed by atoms with Gasteiger partial charge in [0.05, 0.1) is 5.56 Å². The van der Waals surface area contributed by atoms with Crippen LogP contribution >= 0.6 is 0 Å². The molecule has 2 aromatic rings. The smallest absolute Gasteiger partial charge is 0.335 e. The Hall–Kier alpha value is -2.08. The van der Waals surface area contributed by atoms with Crippen molar-refractivity contribution >= 4 is 23.1 Å². The summed E-state index contributed by atoms with van der Waals surface area (Å²) in [6.45, 7) is 5.18. The molecule has 1 aromatic carbocycles. The van der Waals surface area contributed by atoms with E-state index in [1.165, 1.54) is 25.0 Å². The molecule has 6 nitrogen and oxygen atoms in total. The Morgan fingerprint density at radius 2 is 2.43 bits per heavy atom. The third-order valence-corrected chi connectivity index (χ3v) is 4.03. The number of likely N-dealkylation sites (N-methyl/N-ethyl adjacent to an activating group) is 1. The number of likely N-dealkylation sites (tertiary alicyclic amines) is 1. The lowest BCUT2D eigenvalue weighted by Gasteiger charge is -2.22. The van der Waals surface area contributed by atoms with Crippen LogP contribution in [0.25, 0.3) is 11.1 Å². The highest BCUT2D eigenvalue weighted by Gasteiger charge is 2.23. The Balaban J connectivity index is 1.71. The maximum Gasteiger partial charge on any atom is 0.335 e. The van der Waals surface area contributed by atoms with Gasteiger partial charge in [0.15, 0.2) is 5.58 Å². The minimum atomic E-state index is -0.965. The maximum atomic E-state index is 10.9. The van der Waals surface area contributed by atoms with Gasteiger partial charge >= 0.3 is 5.97 Å². The summed E-state index contributed by atoms with van der Waals surface area (Å²) in [5, 5.41) is 12.2. The highest BCUT2D eigenvalue weighted by atomic mass is 16.4. The Labute approximate surface area is 122 Å². The second-order valence-corrected chi connectivity index (χ2v) is 5.31. The van der Waals surface area contributed by atoms with Crippen LogP contribution < -0.4 is 5.32 Å². The molecule has 1 aliphatic heterocycles. The van der Waals surface area contributed by atoms with Crippen LogP contribution in [-0.2, 0) is 0 Å². The molecule has 112 valence electrons. The van der Waals surface area contributed by atoms with E-state index in [1.54, 1.807) is 6.07 Å². The van der Waals surface area contributed by atoms with E-state index in [0.29, 0.717) is 23.2 Å². The largest absolute Gasteiger partial charge is 0.478 e. The van der Waals surface area contributed by atoms with Gasteiger partial charge in [0.2, 0.25) is 0 Å². The van der Waals surface area contributed by atoms with E-state index in [9.17, 15) is 4.79 Å². The first-order chi connectivity index (χ1) is 10.2. The fourth-order valence-corrected chi connectivity index (χ4v) is 2.88. The van der Waals surface area contributed by atoms with Crippen LogP contribution in [0.5, 0.6) is 0 Å². The molecule has 2 N–H and O–H groups in total. The predicted molar refractivity (Wildman–Crippen MR) is 79.7 cm³/mol. The van der Waals surface area contributed by atoms with E-state index >= 15 is 0 Å². The summed E-state index contributed by atoms with van der Waals surface area (Å²) in [5.41, 5.74) is 1.37. The average Bonchev–Trinajstić information content (AvgIpc) is 3.09. The van der Waals surface area contributed by atoms with Gasteiger partial charge in [0.25, 0.3) is 6.01 Å². The third kappa shape index (κ3) is 2.85. The summed E-state index contributed by atoms with van der Waals surface area (Å²) in [6.07, 6.45) is 2.42.